The quantitative estimate of drug-likeness (QED) is 0.155. The molecule has 0 fully saturated rings. The summed E-state index contributed by atoms with van der Waals surface area (Å²) in [5.74, 6) is 0. The molecule has 0 spiro atoms. The Morgan fingerprint density at radius 1 is 0.364 bits per heavy atom. The largest absolute Gasteiger partial charge is 0.455 e. The van der Waals surface area contributed by atoms with Gasteiger partial charge in [0.15, 0.2) is 0 Å². The van der Waals surface area contributed by atoms with Crippen LogP contribution >= 0.6 is 11.3 Å². The third-order valence-electron chi connectivity index (χ3n) is 13.6. The number of anilines is 3. The Bertz CT molecular complexity index is 4210. The van der Waals surface area contributed by atoms with Gasteiger partial charge in [-0.05, 0) is 100 Å². The average Bonchev–Trinajstić information content (AvgIpc) is 4.07. The highest BCUT2D eigenvalue weighted by Gasteiger charge is 2.26. The van der Waals surface area contributed by atoms with Crippen LogP contribution in [0.2, 0.25) is 0 Å². The molecule has 4 heteroatoms. The van der Waals surface area contributed by atoms with Gasteiger partial charge in [0.1, 0.15) is 11.2 Å². The lowest BCUT2D eigenvalue weighted by Gasteiger charge is -2.30. The Labute approximate surface area is 384 Å². The van der Waals surface area contributed by atoms with E-state index < -0.39 is 0 Å². The van der Waals surface area contributed by atoms with Crippen molar-refractivity contribution in [3.63, 3.8) is 0 Å². The molecule has 0 radical (unpaired) electrons. The zero-order chi connectivity index (χ0) is 43.3. The average molecular weight is 859 g/mol. The van der Waals surface area contributed by atoms with E-state index in [9.17, 15) is 0 Å². The third-order valence-corrected chi connectivity index (χ3v) is 14.7. The van der Waals surface area contributed by atoms with Crippen molar-refractivity contribution in [3.8, 4) is 27.9 Å². The van der Waals surface area contributed by atoms with Crippen molar-refractivity contribution in [2.75, 3.05) is 4.90 Å². The maximum atomic E-state index is 7.09. The molecule has 3 nitrogen and oxygen atoms in total. The highest BCUT2D eigenvalue weighted by Crippen LogP contribution is 2.51. The SMILES string of the molecule is c1cc(-c2ccc(N(c3ccccc3-c3ccc4sc5ccccc5c4c3)c3cc4ccccc4c4ccccc34)c3c2oc2ccccc23)cc(-n2c3ccccc3c3ccccc32)c1. The number of fused-ring (bicyclic) bond motifs is 12. The number of benzene rings is 11. The first-order chi connectivity index (χ1) is 32.7. The molecule has 308 valence electrons. The number of furan rings is 1. The van der Waals surface area contributed by atoms with Crippen molar-refractivity contribution in [2.45, 2.75) is 0 Å². The predicted octanol–water partition coefficient (Wildman–Crippen LogP) is 18.2. The highest BCUT2D eigenvalue weighted by molar-refractivity contribution is 7.25. The minimum Gasteiger partial charge on any atom is -0.455 e. The Morgan fingerprint density at radius 3 is 1.83 bits per heavy atom. The van der Waals surface area contributed by atoms with Gasteiger partial charge in [0, 0.05) is 58.5 Å². The summed E-state index contributed by atoms with van der Waals surface area (Å²) in [5, 5.41) is 12.0. The number of hydrogen-bond donors (Lipinski definition) is 0. The van der Waals surface area contributed by atoms with Gasteiger partial charge in [0.2, 0.25) is 0 Å². The normalized spacial score (nSPS) is 11.9. The molecule has 0 aliphatic rings. The molecule has 0 bridgehead atoms. The summed E-state index contributed by atoms with van der Waals surface area (Å²) in [6.07, 6.45) is 0. The number of nitrogens with zero attached hydrogens (tertiary/aromatic N) is 2. The highest BCUT2D eigenvalue weighted by atomic mass is 32.1. The molecular formula is C62H38N2OS. The Morgan fingerprint density at radius 2 is 1.00 bits per heavy atom. The predicted molar refractivity (Wildman–Crippen MR) is 282 cm³/mol. The van der Waals surface area contributed by atoms with Crippen LogP contribution in [0.15, 0.2) is 235 Å². The summed E-state index contributed by atoms with van der Waals surface area (Å²) in [6.45, 7) is 0. The van der Waals surface area contributed by atoms with E-state index in [1.807, 2.05) is 11.3 Å². The van der Waals surface area contributed by atoms with Crippen LogP contribution in [0.3, 0.4) is 0 Å². The standard InChI is InChI=1S/C62H38N2OS/c1-2-19-43-40(16-1)38-57(47-22-4-3-21-46(43)47)64(53-27-10-5-20-44(53)41-32-35-60-52(37-41)50-25-9-14-31-59(50)66-60)56-34-33-45(62-61(56)51-26-8-13-30-58(51)65-62)39-17-15-18-42(36-39)63-54-28-11-6-23-48(54)49-24-7-12-29-55(49)63/h1-38H. The topological polar surface area (TPSA) is 21.3 Å². The molecular weight excluding hydrogens is 821 g/mol. The van der Waals surface area contributed by atoms with Crippen LogP contribution in [-0.4, -0.2) is 4.57 Å². The number of rotatable bonds is 6. The minimum absolute atomic E-state index is 0.853. The molecule has 0 saturated carbocycles. The second kappa shape index (κ2) is 14.5. The molecule has 0 unspecified atom stereocenters. The van der Waals surface area contributed by atoms with E-state index in [0.29, 0.717) is 0 Å². The van der Waals surface area contributed by atoms with Crippen LogP contribution in [0, 0.1) is 0 Å². The van der Waals surface area contributed by atoms with Crippen molar-refractivity contribution >= 4 is 114 Å². The summed E-state index contributed by atoms with van der Waals surface area (Å²) >= 11 is 1.85. The zero-order valence-corrected chi connectivity index (χ0v) is 36.5. The van der Waals surface area contributed by atoms with E-state index in [-0.39, 0.29) is 0 Å². The van der Waals surface area contributed by atoms with E-state index in [0.717, 1.165) is 61.4 Å². The van der Waals surface area contributed by atoms with Gasteiger partial charge in [-0.1, -0.05) is 158 Å². The Balaban J connectivity index is 1.05. The van der Waals surface area contributed by atoms with Crippen molar-refractivity contribution in [1.29, 1.82) is 0 Å². The summed E-state index contributed by atoms with van der Waals surface area (Å²) in [7, 11) is 0. The fraction of sp³-hybridized carbons (Fsp3) is 0. The molecule has 0 amide bonds. The summed E-state index contributed by atoms with van der Waals surface area (Å²) < 4.78 is 12.1. The zero-order valence-electron chi connectivity index (χ0n) is 35.7. The molecule has 3 aromatic heterocycles. The first kappa shape index (κ1) is 37.0. The fourth-order valence-corrected chi connectivity index (χ4v) is 11.7. The van der Waals surface area contributed by atoms with Gasteiger partial charge in [-0.3, -0.25) is 0 Å². The van der Waals surface area contributed by atoms with Crippen molar-refractivity contribution < 1.29 is 4.42 Å². The summed E-state index contributed by atoms with van der Waals surface area (Å²) in [4.78, 5) is 2.50. The van der Waals surface area contributed by atoms with E-state index in [1.54, 1.807) is 0 Å². The number of thiophene rings is 1. The smallest absolute Gasteiger partial charge is 0.145 e. The molecule has 66 heavy (non-hydrogen) atoms. The number of aromatic nitrogens is 1. The van der Waals surface area contributed by atoms with E-state index in [1.165, 1.54) is 69.1 Å². The third kappa shape index (κ3) is 5.55. The van der Waals surface area contributed by atoms with E-state index >= 15 is 0 Å². The minimum atomic E-state index is 0.853. The molecule has 14 aromatic rings. The van der Waals surface area contributed by atoms with Gasteiger partial charge in [-0.15, -0.1) is 11.3 Å². The van der Waals surface area contributed by atoms with E-state index in [2.05, 4.69) is 240 Å². The number of hydrogen-bond acceptors (Lipinski definition) is 3. The lowest BCUT2D eigenvalue weighted by atomic mass is 9.95. The van der Waals surface area contributed by atoms with Crippen molar-refractivity contribution in [3.05, 3.63) is 231 Å². The molecule has 14 rings (SSSR count). The van der Waals surface area contributed by atoms with Gasteiger partial charge in [-0.25, -0.2) is 0 Å². The van der Waals surface area contributed by atoms with Crippen LogP contribution < -0.4 is 4.90 Å². The van der Waals surface area contributed by atoms with Crippen LogP contribution in [0.25, 0.3) is 113 Å². The first-order valence-corrected chi connectivity index (χ1v) is 23.3. The molecule has 0 atom stereocenters. The van der Waals surface area contributed by atoms with Gasteiger partial charge < -0.3 is 13.9 Å². The lowest BCUT2D eigenvalue weighted by Crippen LogP contribution is -2.12. The molecule has 0 aliphatic heterocycles. The van der Waals surface area contributed by atoms with Crippen LogP contribution in [0.5, 0.6) is 0 Å². The van der Waals surface area contributed by atoms with Gasteiger partial charge in [0.05, 0.1) is 33.5 Å². The van der Waals surface area contributed by atoms with Crippen LogP contribution in [0.4, 0.5) is 17.1 Å². The monoisotopic (exact) mass is 858 g/mol. The van der Waals surface area contributed by atoms with Gasteiger partial charge in [-0.2, -0.15) is 0 Å². The maximum Gasteiger partial charge on any atom is 0.145 e. The number of para-hydroxylation sites is 4. The van der Waals surface area contributed by atoms with Crippen molar-refractivity contribution in [1.82, 2.24) is 4.57 Å². The second-order valence-electron chi connectivity index (χ2n) is 17.2. The van der Waals surface area contributed by atoms with Gasteiger partial charge in [0.25, 0.3) is 0 Å². The summed E-state index contributed by atoms with van der Waals surface area (Å²) in [6, 6.07) is 84.0. The molecule has 11 aromatic carbocycles. The van der Waals surface area contributed by atoms with E-state index in [4.69, 9.17) is 4.42 Å². The van der Waals surface area contributed by atoms with Gasteiger partial charge >= 0.3 is 0 Å². The molecule has 0 N–H and O–H groups in total. The van der Waals surface area contributed by atoms with Crippen LogP contribution in [0.1, 0.15) is 0 Å². The molecule has 3 heterocycles. The Hall–Kier alpha value is -8.44. The second-order valence-corrected chi connectivity index (χ2v) is 18.3. The maximum absolute atomic E-state index is 7.09. The summed E-state index contributed by atoms with van der Waals surface area (Å²) in [5.41, 5.74) is 12.9. The van der Waals surface area contributed by atoms with Crippen molar-refractivity contribution in [2.24, 2.45) is 0 Å². The molecule has 0 aliphatic carbocycles. The molecule has 0 saturated heterocycles. The first-order valence-electron chi connectivity index (χ1n) is 22.5. The Kier molecular flexibility index (Phi) is 8.15. The lowest BCUT2D eigenvalue weighted by molar-refractivity contribution is 0.670. The van der Waals surface area contributed by atoms with Crippen LogP contribution in [-0.2, 0) is 0 Å². The fourth-order valence-electron chi connectivity index (χ4n) is 10.7.